The van der Waals surface area contributed by atoms with Crippen LogP contribution in [-0.2, 0) is 4.74 Å². The SMILES string of the molecule is C[C@@H]1[C@H](C)C[C@]2(O)C[C@H]1O[C@H]2C/C=C/CC(C)(C)C. The second-order valence-corrected chi connectivity index (χ2v) is 7.98. The molecule has 19 heavy (non-hydrogen) atoms. The van der Waals surface area contributed by atoms with Crippen LogP contribution in [0.1, 0.15) is 60.3 Å². The number of allylic oxidation sites excluding steroid dienone is 1. The Labute approximate surface area is 118 Å². The number of hydrogen-bond donors (Lipinski definition) is 1. The van der Waals surface area contributed by atoms with Gasteiger partial charge in [0.2, 0.25) is 0 Å². The molecule has 0 aromatic rings. The van der Waals surface area contributed by atoms with E-state index in [9.17, 15) is 5.11 Å². The zero-order chi connectivity index (χ0) is 14.3. The quantitative estimate of drug-likeness (QED) is 0.784. The molecule has 2 fully saturated rings. The molecule has 0 aromatic carbocycles. The Hall–Kier alpha value is -0.340. The maximum absolute atomic E-state index is 10.8. The van der Waals surface area contributed by atoms with Gasteiger partial charge in [-0.05, 0) is 36.5 Å². The number of aliphatic hydroxyl groups is 1. The lowest BCUT2D eigenvalue weighted by Gasteiger charge is -2.36. The van der Waals surface area contributed by atoms with Gasteiger partial charge in [-0.2, -0.15) is 0 Å². The second-order valence-electron chi connectivity index (χ2n) is 7.98. The molecule has 1 aliphatic carbocycles. The molecular weight excluding hydrogens is 236 g/mol. The summed E-state index contributed by atoms with van der Waals surface area (Å²) in [5.41, 5.74) is -0.245. The van der Waals surface area contributed by atoms with Crippen LogP contribution in [0.25, 0.3) is 0 Å². The van der Waals surface area contributed by atoms with E-state index in [-0.39, 0.29) is 12.2 Å². The molecule has 1 saturated heterocycles. The lowest BCUT2D eigenvalue weighted by atomic mass is 9.71. The summed E-state index contributed by atoms with van der Waals surface area (Å²) in [7, 11) is 0. The van der Waals surface area contributed by atoms with Crippen LogP contribution in [-0.4, -0.2) is 22.9 Å². The molecule has 110 valence electrons. The van der Waals surface area contributed by atoms with Gasteiger partial charge < -0.3 is 9.84 Å². The molecule has 0 amide bonds. The summed E-state index contributed by atoms with van der Waals surface area (Å²) >= 11 is 0. The Morgan fingerprint density at radius 3 is 2.53 bits per heavy atom. The van der Waals surface area contributed by atoms with Crippen molar-refractivity contribution in [3.05, 3.63) is 12.2 Å². The third-order valence-electron chi connectivity index (χ3n) is 4.90. The van der Waals surface area contributed by atoms with Crippen molar-refractivity contribution in [2.45, 2.75) is 78.1 Å². The van der Waals surface area contributed by atoms with Gasteiger partial charge in [0.1, 0.15) is 0 Å². The third kappa shape index (κ3) is 3.41. The van der Waals surface area contributed by atoms with Gasteiger partial charge in [0.25, 0.3) is 0 Å². The molecule has 0 unspecified atom stereocenters. The summed E-state index contributed by atoms with van der Waals surface area (Å²) < 4.78 is 6.10. The highest BCUT2D eigenvalue weighted by molar-refractivity contribution is 5.06. The van der Waals surface area contributed by atoms with E-state index in [1.807, 2.05) is 0 Å². The van der Waals surface area contributed by atoms with Gasteiger partial charge >= 0.3 is 0 Å². The van der Waals surface area contributed by atoms with Crippen molar-refractivity contribution >= 4 is 0 Å². The van der Waals surface area contributed by atoms with Crippen molar-refractivity contribution in [2.75, 3.05) is 0 Å². The van der Waals surface area contributed by atoms with Crippen molar-refractivity contribution < 1.29 is 9.84 Å². The molecule has 2 aliphatic rings. The summed E-state index contributed by atoms with van der Waals surface area (Å²) in [6.07, 6.45) is 8.34. The Morgan fingerprint density at radius 2 is 1.89 bits per heavy atom. The topological polar surface area (TPSA) is 29.5 Å². The van der Waals surface area contributed by atoms with Crippen molar-refractivity contribution in [1.29, 1.82) is 0 Å². The predicted molar refractivity (Wildman–Crippen MR) is 79.0 cm³/mol. The first-order valence-electron chi connectivity index (χ1n) is 7.74. The molecule has 0 spiro atoms. The Morgan fingerprint density at radius 1 is 1.21 bits per heavy atom. The zero-order valence-corrected chi connectivity index (χ0v) is 13.1. The predicted octanol–water partition coefficient (Wildman–Crippen LogP) is 3.93. The van der Waals surface area contributed by atoms with Gasteiger partial charge in [0.15, 0.2) is 0 Å². The fourth-order valence-electron chi connectivity index (χ4n) is 3.43. The minimum Gasteiger partial charge on any atom is -0.387 e. The standard InChI is InChI=1S/C17H30O2/c1-12-10-17(18)11-14(13(12)2)19-15(17)8-6-7-9-16(3,4)5/h6-7,12-15,18H,8-11H2,1-5H3/b7-6+/t12-,13-,14-,15+,17+/m1/s1. The van der Waals surface area contributed by atoms with Crippen LogP contribution in [0.3, 0.4) is 0 Å². The normalized spacial score (nSPS) is 43.1. The zero-order valence-electron chi connectivity index (χ0n) is 13.1. The van der Waals surface area contributed by atoms with Gasteiger partial charge in [0.05, 0.1) is 17.8 Å². The van der Waals surface area contributed by atoms with Crippen LogP contribution in [0.5, 0.6) is 0 Å². The van der Waals surface area contributed by atoms with Crippen LogP contribution in [0.2, 0.25) is 0 Å². The lowest BCUT2D eigenvalue weighted by Crippen LogP contribution is -2.43. The van der Waals surface area contributed by atoms with E-state index in [2.05, 4.69) is 46.8 Å². The first-order chi connectivity index (χ1) is 8.71. The fourth-order valence-corrected chi connectivity index (χ4v) is 3.43. The lowest BCUT2D eigenvalue weighted by molar-refractivity contribution is -0.0423. The highest BCUT2D eigenvalue weighted by Crippen LogP contribution is 2.47. The van der Waals surface area contributed by atoms with E-state index in [4.69, 9.17) is 4.74 Å². The molecule has 1 N–H and O–H groups in total. The van der Waals surface area contributed by atoms with Crippen LogP contribution in [0, 0.1) is 17.3 Å². The summed E-state index contributed by atoms with van der Waals surface area (Å²) in [5.74, 6) is 1.14. The monoisotopic (exact) mass is 266 g/mol. The molecule has 1 saturated carbocycles. The second kappa shape index (κ2) is 5.21. The first-order valence-corrected chi connectivity index (χ1v) is 7.74. The van der Waals surface area contributed by atoms with E-state index in [0.717, 1.165) is 25.7 Å². The Balaban J connectivity index is 1.92. The fraction of sp³-hybridized carbons (Fsp3) is 0.882. The van der Waals surface area contributed by atoms with E-state index in [0.29, 0.717) is 17.3 Å². The van der Waals surface area contributed by atoms with Gasteiger partial charge in [0, 0.05) is 6.42 Å². The van der Waals surface area contributed by atoms with E-state index in [1.165, 1.54) is 0 Å². The van der Waals surface area contributed by atoms with Crippen LogP contribution in [0.15, 0.2) is 12.2 Å². The minimum absolute atomic E-state index is 0.00104. The van der Waals surface area contributed by atoms with Crippen molar-refractivity contribution in [3.8, 4) is 0 Å². The summed E-state index contributed by atoms with van der Waals surface area (Å²) in [6, 6.07) is 0. The van der Waals surface area contributed by atoms with Crippen LogP contribution in [0.4, 0.5) is 0 Å². The molecule has 0 radical (unpaired) electrons. The molecular formula is C17H30O2. The van der Waals surface area contributed by atoms with Crippen molar-refractivity contribution in [1.82, 2.24) is 0 Å². The average Bonchev–Trinajstić information content (AvgIpc) is 2.55. The largest absolute Gasteiger partial charge is 0.387 e. The summed E-state index contributed by atoms with van der Waals surface area (Å²) in [4.78, 5) is 0. The molecule has 5 atom stereocenters. The molecule has 2 bridgehead atoms. The highest BCUT2D eigenvalue weighted by atomic mass is 16.5. The van der Waals surface area contributed by atoms with Crippen LogP contribution < -0.4 is 0 Å². The summed E-state index contributed by atoms with van der Waals surface area (Å²) in [5, 5.41) is 10.8. The van der Waals surface area contributed by atoms with Gasteiger partial charge in [-0.3, -0.25) is 0 Å². The third-order valence-corrected chi connectivity index (χ3v) is 4.90. The Kier molecular flexibility index (Phi) is 4.13. The van der Waals surface area contributed by atoms with Gasteiger partial charge in [-0.15, -0.1) is 0 Å². The summed E-state index contributed by atoms with van der Waals surface area (Å²) in [6.45, 7) is 11.2. The number of rotatable bonds is 3. The maximum atomic E-state index is 10.8. The minimum atomic E-state index is -0.581. The van der Waals surface area contributed by atoms with Crippen LogP contribution >= 0.6 is 0 Å². The molecule has 2 heteroatoms. The van der Waals surface area contributed by atoms with Crippen molar-refractivity contribution in [2.24, 2.45) is 17.3 Å². The Bertz CT molecular complexity index is 342. The smallest absolute Gasteiger partial charge is 0.0938 e. The number of ether oxygens (including phenoxy) is 1. The maximum Gasteiger partial charge on any atom is 0.0938 e. The molecule has 2 nitrogen and oxygen atoms in total. The van der Waals surface area contributed by atoms with Crippen molar-refractivity contribution in [3.63, 3.8) is 0 Å². The molecule has 1 aliphatic heterocycles. The molecule has 2 rings (SSSR count). The molecule has 0 aromatic heterocycles. The van der Waals surface area contributed by atoms with E-state index in [1.54, 1.807) is 0 Å². The van der Waals surface area contributed by atoms with Gasteiger partial charge in [-0.25, -0.2) is 0 Å². The number of hydrogen-bond acceptors (Lipinski definition) is 2. The average molecular weight is 266 g/mol. The highest BCUT2D eigenvalue weighted by Gasteiger charge is 2.53. The van der Waals surface area contributed by atoms with E-state index < -0.39 is 5.60 Å². The van der Waals surface area contributed by atoms with Gasteiger partial charge in [-0.1, -0.05) is 46.8 Å². The van der Waals surface area contributed by atoms with E-state index >= 15 is 0 Å². The first kappa shape index (κ1) is 15.1. The number of fused-ring (bicyclic) bond motifs is 2. The molecule has 1 heterocycles.